The number of aromatic nitrogens is 1. The number of halogens is 1. The van der Waals surface area contributed by atoms with Gasteiger partial charge in [-0.05, 0) is 48.9 Å². The van der Waals surface area contributed by atoms with Crippen molar-refractivity contribution in [3.05, 3.63) is 121 Å². The van der Waals surface area contributed by atoms with Crippen molar-refractivity contribution in [1.82, 2.24) is 4.57 Å². The Balaban J connectivity index is 1.62. The second-order valence-corrected chi connectivity index (χ2v) is 10.2. The van der Waals surface area contributed by atoms with Crippen LogP contribution in [0.2, 0.25) is 5.02 Å². The third kappa shape index (κ3) is 5.34. The number of allylic oxidation sites excluding steroid dienone is 1. The Morgan fingerprint density at radius 1 is 1.15 bits per heavy atom. The first-order valence-electron chi connectivity index (χ1n) is 12.2. The van der Waals surface area contributed by atoms with Crippen molar-refractivity contribution >= 4 is 41.0 Å². The lowest BCUT2D eigenvalue weighted by atomic mass is 9.96. The third-order valence-electron chi connectivity index (χ3n) is 6.07. The van der Waals surface area contributed by atoms with Gasteiger partial charge in [-0.1, -0.05) is 59.9 Å². The Morgan fingerprint density at radius 2 is 1.90 bits per heavy atom. The standard InChI is InChI=1S/C30H23ClN2O6S/c1-4-15-37-29(36)26-17(2)32-30-33(27(26)19-9-11-20(12-10-19)38-18(3)34)28(35)25(40-30)16-21-13-14-24(39-21)22-7-5-6-8-23(22)31/h4-14,16,27H,1,15H2,2-3H3. The zero-order valence-electron chi connectivity index (χ0n) is 21.5. The summed E-state index contributed by atoms with van der Waals surface area (Å²) in [5.74, 6) is 0.301. The van der Waals surface area contributed by atoms with Crippen LogP contribution in [0, 0.1) is 0 Å². The smallest absolute Gasteiger partial charge is 0.338 e. The van der Waals surface area contributed by atoms with Crippen molar-refractivity contribution in [3.63, 3.8) is 0 Å². The Hall–Kier alpha value is -4.47. The van der Waals surface area contributed by atoms with Crippen LogP contribution in [0.4, 0.5) is 0 Å². The minimum absolute atomic E-state index is 0.00437. The summed E-state index contributed by atoms with van der Waals surface area (Å²) in [6, 6.07) is 16.6. The summed E-state index contributed by atoms with van der Waals surface area (Å²) < 4.78 is 18.3. The highest BCUT2D eigenvalue weighted by molar-refractivity contribution is 7.07. The van der Waals surface area contributed by atoms with Gasteiger partial charge in [0.1, 0.15) is 23.9 Å². The van der Waals surface area contributed by atoms with E-state index in [0.29, 0.717) is 42.9 Å². The average Bonchev–Trinajstić information content (AvgIpc) is 3.51. The van der Waals surface area contributed by atoms with Crippen LogP contribution in [0.1, 0.15) is 31.2 Å². The SMILES string of the molecule is C=CCOC(=O)C1=C(C)N=c2sc(=Cc3ccc(-c4ccccc4Cl)o3)c(=O)n2C1c1ccc(OC(C)=O)cc1. The number of hydrogen-bond acceptors (Lipinski definition) is 8. The molecule has 0 radical (unpaired) electrons. The summed E-state index contributed by atoms with van der Waals surface area (Å²) in [6.45, 7) is 6.60. The fourth-order valence-corrected chi connectivity index (χ4v) is 5.62. The molecule has 0 bridgehead atoms. The lowest BCUT2D eigenvalue weighted by Crippen LogP contribution is -2.39. The molecule has 1 aliphatic heterocycles. The predicted octanol–water partition coefficient (Wildman–Crippen LogP) is 4.80. The monoisotopic (exact) mass is 574 g/mol. The molecule has 0 aliphatic carbocycles. The maximum atomic E-state index is 13.8. The van der Waals surface area contributed by atoms with Gasteiger partial charge in [-0.3, -0.25) is 14.2 Å². The van der Waals surface area contributed by atoms with Crippen LogP contribution < -0.4 is 19.6 Å². The van der Waals surface area contributed by atoms with Crippen molar-refractivity contribution in [3.8, 4) is 17.1 Å². The number of furan rings is 1. The minimum atomic E-state index is -0.822. The van der Waals surface area contributed by atoms with Crippen molar-refractivity contribution in [2.75, 3.05) is 6.61 Å². The van der Waals surface area contributed by atoms with Crippen molar-refractivity contribution < 1.29 is 23.5 Å². The lowest BCUT2D eigenvalue weighted by molar-refractivity contribution is -0.138. The molecule has 4 aromatic rings. The highest BCUT2D eigenvalue weighted by Gasteiger charge is 2.33. The van der Waals surface area contributed by atoms with Crippen LogP contribution in [0.25, 0.3) is 17.4 Å². The third-order valence-corrected chi connectivity index (χ3v) is 7.38. The first-order valence-corrected chi connectivity index (χ1v) is 13.4. The number of thiazole rings is 1. The van der Waals surface area contributed by atoms with Crippen LogP contribution in [-0.4, -0.2) is 23.1 Å². The van der Waals surface area contributed by atoms with E-state index in [9.17, 15) is 14.4 Å². The maximum Gasteiger partial charge on any atom is 0.338 e. The number of esters is 2. The first-order chi connectivity index (χ1) is 19.3. The molecule has 0 N–H and O–H groups in total. The Bertz CT molecular complexity index is 1850. The summed E-state index contributed by atoms with van der Waals surface area (Å²) in [5, 5.41) is 0.550. The molecule has 8 nitrogen and oxygen atoms in total. The molecular weight excluding hydrogens is 552 g/mol. The van der Waals surface area contributed by atoms with Crippen molar-refractivity contribution in [1.29, 1.82) is 0 Å². The molecule has 1 atom stereocenters. The lowest BCUT2D eigenvalue weighted by Gasteiger charge is -2.24. The van der Waals surface area contributed by atoms with Gasteiger partial charge in [0, 0.05) is 18.6 Å². The van der Waals surface area contributed by atoms with E-state index < -0.39 is 18.0 Å². The summed E-state index contributed by atoms with van der Waals surface area (Å²) in [5.41, 5.74) is 1.65. The number of hydrogen-bond donors (Lipinski definition) is 0. The molecule has 1 aliphatic rings. The fourth-order valence-electron chi connectivity index (χ4n) is 4.36. The highest BCUT2D eigenvalue weighted by atomic mass is 35.5. The summed E-state index contributed by atoms with van der Waals surface area (Å²) in [6.07, 6.45) is 3.10. The molecule has 0 amide bonds. The number of nitrogens with zero attached hydrogens (tertiary/aromatic N) is 2. The zero-order valence-corrected chi connectivity index (χ0v) is 23.1. The quantitative estimate of drug-likeness (QED) is 0.178. The van der Waals surface area contributed by atoms with Gasteiger partial charge in [0.2, 0.25) is 0 Å². The zero-order chi connectivity index (χ0) is 28.4. The predicted molar refractivity (Wildman–Crippen MR) is 152 cm³/mol. The van der Waals surface area contributed by atoms with Gasteiger partial charge in [0.15, 0.2) is 4.80 Å². The van der Waals surface area contributed by atoms with E-state index in [4.69, 9.17) is 25.5 Å². The van der Waals surface area contributed by atoms with Crippen LogP contribution in [0.5, 0.6) is 5.75 Å². The average molecular weight is 575 g/mol. The fraction of sp³-hybridized carbons (Fsp3) is 0.133. The van der Waals surface area contributed by atoms with E-state index in [2.05, 4.69) is 11.6 Å². The Morgan fingerprint density at radius 3 is 2.60 bits per heavy atom. The van der Waals surface area contributed by atoms with Crippen molar-refractivity contribution in [2.45, 2.75) is 19.9 Å². The van der Waals surface area contributed by atoms with E-state index in [1.165, 1.54) is 28.9 Å². The van der Waals surface area contributed by atoms with Crippen molar-refractivity contribution in [2.24, 2.45) is 4.99 Å². The molecule has 5 rings (SSSR count). The second kappa shape index (κ2) is 11.3. The largest absolute Gasteiger partial charge is 0.458 e. The van der Waals surface area contributed by atoms with E-state index in [1.54, 1.807) is 55.5 Å². The number of carbonyl (C=O) groups is 2. The number of carbonyl (C=O) groups excluding carboxylic acids is 2. The molecule has 3 heterocycles. The van der Waals surface area contributed by atoms with E-state index in [0.717, 1.165) is 5.56 Å². The molecule has 2 aromatic carbocycles. The van der Waals surface area contributed by atoms with E-state index >= 15 is 0 Å². The number of benzene rings is 2. The van der Waals surface area contributed by atoms with Gasteiger partial charge >= 0.3 is 11.9 Å². The van der Waals surface area contributed by atoms with Gasteiger partial charge in [-0.2, -0.15) is 0 Å². The van der Waals surface area contributed by atoms with E-state index in [1.807, 2.05) is 18.2 Å². The first kappa shape index (κ1) is 27.1. The van der Waals surface area contributed by atoms with Crippen LogP contribution in [0.15, 0.2) is 98.8 Å². The van der Waals surface area contributed by atoms with Gasteiger partial charge in [-0.15, -0.1) is 0 Å². The maximum absolute atomic E-state index is 13.8. The molecule has 202 valence electrons. The number of rotatable bonds is 7. The molecule has 0 saturated carbocycles. The number of fused-ring (bicyclic) bond motifs is 1. The van der Waals surface area contributed by atoms with Gasteiger partial charge < -0.3 is 13.9 Å². The molecule has 0 spiro atoms. The molecule has 1 unspecified atom stereocenters. The molecular formula is C30H23ClN2O6S. The summed E-state index contributed by atoms with van der Waals surface area (Å²) >= 11 is 7.49. The summed E-state index contributed by atoms with van der Waals surface area (Å²) in [7, 11) is 0. The molecule has 10 heteroatoms. The normalized spacial score (nSPS) is 14.9. The van der Waals surface area contributed by atoms with E-state index in [-0.39, 0.29) is 17.7 Å². The van der Waals surface area contributed by atoms with Crippen LogP contribution >= 0.6 is 22.9 Å². The Labute approximate surface area is 237 Å². The van der Waals surface area contributed by atoms with Crippen LogP contribution in [-0.2, 0) is 14.3 Å². The molecule has 0 fully saturated rings. The topological polar surface area (TPSA) is 100 Å². The van der Waals surface area contributed by atoms with Crippen LogP contribution in [0.3, 0.4) is 0 Å². The van der Waals surface area contributed by atoms with Gasteiger partial charge in [-0.25, -0.2) is 9.79 Å². The second-order valence-electron chi connectivity index (χ2n) is 8.81. The molecule has 2 aromatic heterocycles. The Kier molecular flexibility index (Phi) is 7.68. The van der Waals surface area contributed by atoms with Gasteiger partial charge in [0.25, 0.3) is 5.56 Å². The number of ether oxygens (including phenoxy) is 2. The highest BCUT2D eigenvalue weighted by Crippen LogP contribution is 2.32. The molecule has 40 heavy (non-hydrogen) atoms. The minimum Gasteiger partial charge on any atom is -0.458 e. The van der Waals surface area contributed by atoms with Gasteiger partial charge in [0.05, 0.1) is 26.9 Å². The summed E-state index contributed by atoms with van der Waals surface area (Å²) in [4.78, 5) is 43.3. The molecule has 0 saturated heterocycles.